The number of carbonyl (C=O) groups is 1. The number of hydrogen-bond acceptors (Lipinski definition) is 5. The van der Waals surface area contributed by atoms with Crippen molar-refractivity contribution in [2.24, 2.45) is 7.05 Å². The van der Waals surface area contributed by atoms with Crippen LogP contribution >= 0.6 is 0 Å². The van der Waals surface area contributed by atoms with E-state index in [-0.39, 0.29) is 17.7 Å². The molecule has 3 rings (SSSR count). The van der Waals surface area contributed by atoms with E-state index in [2.05, 4.69) is 5.32 Å². The van der Waals surface area contributed by atoms with Gasteiger partial charge < -0.3 is 29.0 Å². The summed E-state index contributed by atoms with van der Waals surface area (Å²) in [4.78, 5) is 26.1. The number of amides is 2. The Morgan fingerprint density at radius 2 is 1.93 bits per heavy atom. The van der Waals surface area contributed by atoms with Crippen LogP contribution in [0.25, 0.3) is 0 Å². The number of benzene rings is 1. The van der Waals surface area contributed by atoms with Gasteiger partial charge >= 0.3 is 6.03 Å². The molecule has 2 amide bonds. The molecule has 2 heterocycles. The van der Waals surface area contributed by atoms with Gasteiger partial charge in [-0.1, -0.05) is 6.07 Å². The molecule has 1 atom stereocenters. The van der Waals surface area contributed by atoms with Crippen molar-refractivity contribution in [3.8, 4) is 17.2 Å². The van der Waals surface area contributed by atoms with Crippen LogP contribution in [0, 0.1) is 6.92 Å². The first-order chi connectivity index (χ1) is 13.9. The highest BCUT2D eigenvalue weighted by Crippen LogP contribution is 2.27. The number of rotatable bonds is 6. The van der Waals surface area contributed by atoms with Crippen LogP contribution in [0.15, 0.2) is 35.1 Å². The highest BCUT2D eigenvalue weighted by Gasteiger charge is 2.27. The number of nitrogens with one attached hydrogen (secondary N) is 1. The highest BCUT2D eigenvalue weighted by molar-refractivity contribution is 5.74. The van der Waals surface area contributed by atoms with Crippen molar-refractivity contribution in [1.29, 1.82) is 0 Å². The van der Waals surface area contributed by atoms with Crippen molar-refractivity contribution in [2.75, 3.05) is 27.3 Å². The van der Waals surface area contributed by atoms with E-state index in [1.807, 2.05) is 31.2 Å². The number of ether oxygens (including phenoxy) is 3. The maximum Gasteiger partial charge on any atom is 0.317 e. The predicted molar refractivity (Wildman–Crippen MR) is 109 cm³/mol. The third-order valence-electron chi connectivity index (χ3n) is 5.10. The van der Waals surface area contributed by atoms with E-state index >= 15 is 0 Å². The van der Waals surface area contributed by atoms with Crippen LogP contribution < -0.4 is 25.1 Å². The van der Waals surface area contributed by atoms with Gasteiger partial charge in [0.05, 0.1) is 20.8 Å². The number of aryl methyl sites for hydroxylation is 1. The molecule has 1 saturated heterocycles. The van der Waals surface area contributed by atoms with Crippen LogP contribution in [0.2, 0.25) is 0 Å². The Labute approximate surface area is 170 Å². The van der Waals surface area contributed by atoms with Crippen molar-refractivity contribution >= 4 is 6.03 Å². The summed E-state index contributed by atoms with van der Waals surface area (Å²) in [6.07, 6.45) is 0.589. The van der Waals surface area contributed by atoms with Crippen molar-refractivity contribution < 1.29 is 19.0 Å². The maximum atomic E-state index is 12.5. The average Bonchev–Trinajstić information content (AvgIpc) is 3.18. The quantitative estimate of drug-likeness (QED) is 0.801. The van der Waals surface area contributed by atoms with Gasteiger partial charge in [-0.2, -0.15) is 0 Å². The van der Waals surface area contributed by atoms with Crippen LogP contribution in [-0.2, 0) is 13.6 Å². The smallest absolute Gasteiger partial charge is 0.317 e. The minimum absolute atomic E-state index is 0.109. The highest BCUT2D eigenvalue weighted by atomic mass is 16.5. The van der Waals surface area contributed by atoms with Crippen LogP contribution in [-0.4, -0.2) is 48.9 Å². The summed E-state index contributed by atoms with van der Waals surface area (Å²) in [6, 6.07) is 8.70. The number of methoxy groups -OCH3 is 2. The van der Waals surface area contributed by atoms with Crippen molar-refractivity contribution in [2.45, 2.75) is 26.0 Å². The molecule has 1 aromatic heterocycles. The summed E-state index contributed by atoms with van der Waals surface area (Å²) < 4.78 is 18.0. The number of hydrogen-bond donors (Lipinski definition) is 1. The minimum Gasteiger partial charge on any atom is -0.493 e. The third-order valence-corrected chi connectivity index (χ3v) is 5.10. The molecule has 1 aromatic carbocycles. The van der Waals surface area contributed by atoms with Gasteiger partial charge in [-0.05, 0) is 30.7 Å². The van der Waals surface area contributed by atoms with Gasteiger partial charge in [0, 0.05) is 38.3 Å². The second kappa shape index (κ2) is 8.89. The molecule has 8 heteroatoms. The summed E-state index contributed by atoms with van der Waals surface area (Å²) in [5, 5.41) is 2.92. The van der Waals surface area contributed by atoms with E-state index < -0.39 is 0 Å². The SMILES string of the molecule is COc1ccc(CNC(=O)N2CCC(Oc3cc(C)n(C)c(=O)c3)C2)cc1OC. The summed E-state index contributed by atoms with van der Waals surface area (Å²) in [5.41, 5.74) is 1.64. The molecule has 1 N–H and O–H groups in total. The van der Waals surface area contributed by atoms with Crippen LogP contribution in [0.5, 0.6) is 17.2 Å². The van der Waals surface area contributed by atoms with Crippen LogP contribution in [0.4, 0.5) is 4.79 Å². The number of urea groups is 1. The topological polar surface area (TPSA) is 82.0 Å². The van der Waals surface area contributed by atoms with Crippen LogP contribution in [0.1, 0.15) is 17.7 Å². The zero-order valence-corrected chi connectivity index (χ0v) is 17.2. The Morgan fingerprint density at radius 3 is 2.62 bits per heavy atom. The Morgan fingerprint density at radius 1 is 1.17 bits per heavy atom. The van der Waals surface area contributed by atoms with Crippen LogP contribution in [0.3, 0.4) is 0 Å². The lowest BCUT2D eigenvalue weighted by atomic mass is 10.2. The van der Waals surface area contributed by atoms with E-state index in [0.29, 0.717) is 36.9 Å². The van der Waals surface area contributed by atoms with Gasteiger partial charge in [0.2, 0.25) is 0 Å². The Hall–Kier alpha value is -3.16. The Balaban J connectivity index is 1.53. The van der Waals surface area contributed by atoms with Gasteiger partial charge in [-0.3, -0.25) is 4.79 Å². The molecule has 2 aromatic rings. The zero-order chi connectivity index (χ0) is 21.0. The lowest BCUT2D eigenvalue weighted by Gasteiger charge is -2.18. The van der Waals surface area contributed by atoms with Gasteiger partial charge in [-0.25, -0.2) is 4.79 Å². The molecule has 0 radical (unpaired) electrons. The lowest BCUT2D eigenvalue weighted by molar-refractivity contribution is 0.186. The Bertz CT molecular complexity index is 940. The fraction of sp³-hybridized carbons (Fsp3) is 0.429. The molecule has 1 aliphatic heterocycles. The summed E-state index contributed by atoms with van der Waals surface area (Å²) in [6.45, 7) is 3.32. The number of aromatic nitrogens is 1. The number of pyridine rings is 1. The molecule has 0 aliphatic carbocycles. The van der Waals surface area contributed by atoms with Crippen molar-refractivity contribution in [3.05, 3.63) is 51.9 Å². The first-order valence-electron chi connectivity index (χ1n) is 9.49. The summed E-state index contributed by atoms with van der Waals surface area (Å²) >= 11 is 0. The molecule has 1 aliphatic rings. The first-order valence-corrected chi connectivity index (χ1v) is 9.49. The van der Waals surface area contributed by atoms with Gasteiger partial charge in [0.25, 0.3) is 5.56 Å². The fourth-order valence-electron chi connectivity index (χ4n) is 3.29. The maximum absolute atomic E-state index is 12.5. The summed E-state index contributed by atoms with van der Waals surface area (Å²) in [7, 11) is 4.88. The average molecular weight is 401 g/mol. The number of likely N-dealkylation sites (tertiary alicyclic amines) is 1. The molecule has 1 fully saturated rings. The number of nitrogens with zero attached hydrogens (tertiary/aromatic N) is 2. The molecule has 0 bridgehead atoms. The molecule has 0 spiro atoms. The number of carbonyl (C=O) groups excluding carboxylic acids is 1. The van der Waals surface area contributed by atoms with E-state index in [0.717, 1.165) is 17.7 Å². The molecular formula is C21H27N3O5. The standard InChI is InChI=1S/C21H27N3O5/c1-14-9-17(11-20(25)23(14)2)29-16-7-8-24(13-16)21(26)22-12-15-5-6-18(27-3)19(10-15)28-4/h5-6,9-11,16H,7-8,12-13H2,1-4H3,(H,22,26). The normalized spacial score (nSPS) is 15.9. The van der Waals surface area contributed by atoms with E-state index in [4.69, 9.17) is 14.2 Å². The fourth-order valence-corrected chi connectivity index (χ4v) is 3.29. The first kappa shape index (κ1) is 20.6. The zero-order valence-electron chi connectivity index (χ0n) is 17.2. The third kappa shape index (κ3) is 4.82. The van der Waals surface area contributed by atoms with E-state index in [9.17, 15) is 9.59 Å². The summed E-state index contributed by atoms with van der Waals surface area (Å²) in [5.74, 6) is 1.81. The lowest BCUT2D eigenvalue weighted by Crippen LogP contribution is -2.39. The predicted octanol–water partition coefficient (Wildman–Crippen LogP) is 2.07. The largest absolute Gasteiger partial charge is 0.493 e. The second-order valence-corrected chi connectivity index (χ2v) is 7.05. The molecule has 0 saturated carbocycles. The second-order valence-electron chi connectivity index (χ2n) is 7.05. The molecular weight excluding hydrogens is 374 g/mol. The van der Waals surface area contributed by atoms with Gasteiger partial charge in [0.15, 0.2) is 11.5 Å². The van der Waals surface area contributed by atoms with Gasteiger partial charge in [0.1, 0.15) is 11.9 Å². The monoisotopic (exact) mass is 401 g/mol. The van der Waals surface area contributed by atoms with E-state index in [1.54, 1.807) is 30.7 Å². The Kier molecular flexibility index (Phi) is 6.31. The molecule has 29 heavy (non-hydrogen) atoms. The van der Waals surface area contributed by atoms with Gasteiger partial charge in [-0.15, -0.1) is 0 Å². The molecule has 156 valence electrons. The molecule has 8 nitrogen and oxygen atoms in total. The minimum atomic E-state index is -0.147. The molecule has 1 unspecified atom stereocenters. The van der Waals surface area contributed by atoms with Crippen molar-refractivity contribution in [1.82, 2.24) is 14.8 Å². The van der Waals surface area contributed by atoms with E-state index in [1.165, 1.54) is 6.07 Å². The van der Waals surface area contributed by atoms with Crippen molar-refractivity contribution in [3.63, 3.8) is 0 Å².